The molecule has 2 rings (SSSR count). The Kier molecular flexibility index (Phi) is 3.34. The van der Waals surface area contributed by atoms with Gasteiger partial charge < -0.3 is 14.4 Å². The van der Waals surface area contributed by atoms with E-state index in [1.165, 1.54) is 18.5 Å². The Morgan fingerprint density at radius 3 is 2.94 bits per heavy atom. The highest BCUT2D eigenvalue weighted by atomic mass is 19.1. The third kappa shape index (κ3) is 2.79. The van der Waals surface area contributed by atoms with E-state index in [0.717, 1.165) is 0 Å². The Labute approximate surface area is 96.8 Å². The molecule has 0 amide bonds. The smallest absolute Gasteiger partial charge is 0.213 e. The maximum absolute atomic E-state index is 13.5. The van der Waals surface area contributed by atoms with Crippen molar-refractivity contribution in [3.63, 3.8) is 0 Å². The minimum absolute atomic E-state index is 0.0292. The van der Waals surface area contributed by atoms with E-state index in [1.807, 2.05) is 0 Å². The van der Waals surface area contributed by atoms with Crippen LogP contribution in [0.3, 0.4) is 0 Å². The van der Waals surface area contributed by atoms with Crippen LogP contribution in [0.25, 0.3) is 0 Å². The fraction of sp³-hybridized carbons (Fsp3) is 0.273. The van der Waals surface area contributed by atoms with Crippen molar-refractivity contribution in [2.24, 2.45) is 0 Å². The van der Waals surface area contributed by atoms with Gasteiger partial charge in [-0.1, -0.05) is 11.2 Å². The van der Waals surface area contributed by atoms with Crippen molar-refractivity contribution in [2.75, 3.05) is 0 Å². The standard InChI is InChI=1S/C11H11FN2O3/c1-7(15)8-2-3-10(9(12)4-8)16-5-11-13-6-17-14-11/h2-4,6-7,15H,5H2,1H3/t7-/m0/s1. The van der Waals surface area contributed by atoms with Crippen LogP contribution >= 0.6 is 0 Å². The van der Waals surface area contributed by atoms with Gasteiger partial charge in [-0.15, -0.1) is 0 Å². The van der Waals surface area contributed by atoms with Crippen LogP contribution in [0.2, 0.25) is 0 Å². The number of aliphatic hydroxyl groups is 1. The number of hydrogen-bond acceptors (Lipinski definition) is 5. The third-order valence-electron chi connectivity index (χ3n) is 2.20. The quantitative estimate of drug-likeness (QED) is 0.880. The summed E-state index contributed by atoms with van der Waals surface area (Å²) in [5, 5.41) is 12.8. The molecule has 0 unspecified atom stereocenters. The van der Waals surface area contributed by atoms with Crippen LogP contribution in [-0.2, 0) is 6.61 Å². The summed E-state index contributed by atoms with van der Waals surface area (Å²) in [6.07, 6.45) is 0.460. The maximum Gasteiger partial charge on any atom is 0.213 e. The van der Waals surface area contributed by atoms with E-state index < -0.39 is 11.9 Å². The van der Waals surface area contributed by atoms with E-state index in [9.17, 15) is 9.50 Å². The van der Waals surface area contributed by atoms with Gasteiger partial charge in [0.15, 0.2) is 18.2 Å². The number of aromatic nitrogens is 2. The molecule has 1 aromatic carbocycles. The summed E-state index contributed by atoms with van der Waals surface area (Å²) in [7, 11) is 0. The molecule has 6 heteroatoms. The summed E-state index contributed by atoms with van der Waals surface area (Å²) >= 11 is 0. The van der Waals surface area contributed by atoms with E-state index in [2.05, 4.69) is 14.7 Å². The number of benzene rings is 1. The van der Waals surface area contributed by atoms with Gasteiger partial charge in [-0.3, -0.25) is 0 Å². The van der Waals surface area contributed by atoms with Gasteiger partial charge in [0.25, 0.3) is 0 Å². The van der Waals surface area contributed by atoms with E-state index in [0.29, 0.717) is 11.4 Å². The zero-order valence-corrected chi connectivity index (χ0v) is 9.13. The number of halogens is 1. The Morgan fingerprint density at radius 1 is 1.53 bits per heavy atom. The molecule has 0 aliphatic rings. The lowest BCUT2D eigenvalue weighted by Gasteiger charge is -2.08. The molecule has 0 aliphatic heterocycles. The van der Waals surface area contributed by atoms with Crippen molar-refractivity contribution < 1.29 is 18.8 Å². The van der Waals surface area contributed by atoms with Gasteiger partial charge in [-0.2, -0.15) is 4.98 Å². The molecule has 0 saturated carbocycles. The zero-order valence-electron chi connectivity index (χ0n) is 9.13. The molecule has 0 bridgehead atoms. The molecule has 1 heterocycles. The van der Waals surface area contributed by atoms with Crippen LogP contribution in [0.5, 0.6) is 5.75 Å². The molecule has 1 N–H and O–H groups in total. The van der Waals surface area contributed by atoms with Gasteiger partial charge in [0.2, 0.25) is 12.2 Å². The Morgan fingerprint density at radius 2 is 2.35 bits per heavy atom. The van der Waals surface area contributed by atoms with Crippen molar-refractivity contribution >= 4 is 0 Å². The van der Waals surface area contributed by atoms with Crippen molar-refractivity contribution in [1.82, 2.24) is 10.1 Å². The topological polar surface area (TPSA) is 68.4 Å². The normalized spacial score (nSPS) is 12.4. The Hall–Kier alpha value is -1.95. The first-order valence-electron chi connectivity index (χ1n) is 5.02. The Balaban J connectivity index is 2.06. The van der Waals surface area contributed by atoms with E-state index in [-0.39, 0.29) is 12.4 Å². The number of ether oxygens (including phenoxy) is 1. The van der Waals surface area contributed by atoms with Crippen LogP contribution in [-0.4, -0.2) is 15.2 Å². The van der Waals surface area contributed by atoms with Gasteiger partial charge in [0.05, 0.1) is 6.10 Å². The molecule has 0 radical (unpaired) electrons. The molecule has 0 aliphatic carbocycles. The molecule has 0 saturated heterocycles. The van der Waals surface area contributed by atoms with Gasteiger partial charge in [-0.05, 0) is 24.6 Å². The average molecular weight is 238 g/mol. The highest BCUT2D eigenvalue weighted by Gasteiger charge is 2.09. The lowest BCUT2D eigenvalue weighted by Crippen LogP contribution is -2.00. The molecule has 2 aromatic rings. The van der Waals surface area contributed by atoms with Crippen LogP contribution in [0.4, 0.5) is 4.39 Å². The zero-order chi connectivity index (χ0) is 12.3. The predicted molar refractivity (Wildman–Crippen MR) is 55.7 cm³/mol. The lowest BCUT2D eigenvalue weighted by molar-refractivity contribution is 0.198. The molecule has 90 valence electrons. The number of aliphatic hydroxyl groups excluding tert-OH is 1. The van der Waals surface area contributed by atoms with Crippen molar-refractivity contribution in [2.45, 2.75) is 19.6 Å². The van der Waals surface area contributed by atoms with Gasteiger partial charge in [0.1, 0.15) is 0 Å². The average Bonchev–Trinajstić information content (AvgIpc) is 2.80. The molecule has 0 fully saturated rings. The maximum atomic E-state index is 13.5. The first-order valence-corrected chi connectivity index (χ1v) is 5.02. The van der Waals surface area contributed by atoms with Crippen LogP contribution in [0, 0.1) is 5.82 Å². The molecular weight excluding hydrogens is 227 g/mol. The van der Waals surface area contributed by atoms with E-state index in [4.69, 9.17) is 4.74 Å². The second kappa shape index (κ2) is 4.92. The van der Waals surface area contributed by atoms with Crippen LogP contribution in [0.1, 0.15) is 24.4 Å². The number of hydrogen-bond donors (Lipinski definition) is 1. The molecule has 5 nitrogen and oxygen atoms in total. The summed E-state index contributed by atoms with van der Waals surface area (Å²) < 4.78 is 23.2. The summed E-state index contributed by atoms with van der Waals surface area (Å²) in [5.74, 6) is -0.116. The summed E-state index contributed by atoms with van der Waals surface area (Å²) in [6.45, 7) is 1.59. The van der Waals surface area contributed by atoms with Gasteiger partial charge >= 0.3 is 0 Å². The molecule has 17 heavy (non-hydrogen) atoms. The van der Waals surface area contributed by atoms with Gasteiger partial charge in [-0.25, -0.2) is 4.39 Å². The molecule has 0 spiro atoms. The summed E-state index contributed by atoms with van der Waals surface area (Å²) in [4.78, 5) is 3.74. The molecule has 1 aromatic heterocycles. The van der Waals surface area contributed by atoms with Gasteiger partial charge in [0, 0.05) is 0 Å². The minimum Gasteiger partial charge on any atom is -0.482 e. The van der Waals surface area contributed by atoms with E-state index >= 15 is 0 Å². The number of rotatable bonds is 4. The second-order valence-corrected chi connectivity index (χ2v) is 3.50. The highest BCUT2D eigenvalue weighted by Crippen LogP contribution is 2.22. The summed E-state index contributed by atoms with van der Waals surface area (Å²) in [6, 6.07) is 4.28. The van der Waals surface area contributed by atoms with Crippen LogP contribution < -0.4 is 4.74 Å². The third-order valence-corrected chi connectivity index (χ3v) is 2.20. The van der Waals surface area contributed by atoms with Crippen molar-refractivity contribution in [3.8, 4) is 5.75 Å². The van der Waals surface area contributed by atoms with Crippen molar-refractivity contribution in [3.05, 3.63) is 41.8 Å². The monoisotopic (exact) mass is 238 g/mol. The van der Waals surface area contributed by atoms with Crippen LogP contribution in [0.15, 0.2) is 29.1 Å². The summed E-state index contributed by atoms with van der Waals surface area (Å²) in [5.41, 5.74) is 0.495. The SMILES string of the molecule is C[C@H](O)c1ccc(OCc2ncon2)c(F)c1. The first-order chi connectivity index (χ1) is 8.16. The number of nitrogens with zero attached hydrogens (tertiary/aromatic N) is 2. The predicted octanol–water partition coefficient (Wildman–Crippen LogP) is 1.84. The molecule has 1 atom stereocenters. The Bertz CT molecular complexity index is 485. The minimum atomic E-state index is -0.712. The largest absolute Gasteiger partial charge is 0.482 e. The molecular formula is C11H11FN2O3. The fourth-order valence-corrected chi connectivity index (χ4v) is 1.29. The van der Waals surface area contributed by atoms with E-state index in [1.54, 1.807) is 13.0 Å². The first kappa shape index (κ1) is 11.5. The second-order valence-electron chi connectivity index (χ2n) is 3.50. The fourth-order valence-electron chi connectivity index (χ4n) is 1.29. The highest BCUT2D eigenvalue weighted by molar-refractivity contribution is 5.30. The van der Waals surface area contributed by atoms with Crippen molar-refractivity contribution in [1.29, 1.82) is 0 Å². The lowest BCUT2D eigenvalue weighted by atomic mass is 10.1.